The van der Waals surface area contributed by atoms with E-state index < -0.39 is 5.91 Å². The van der Waals surface area contributed by atoms with Gasteiger partial charge in [-0.05, 0) is 66.8 Å². The van der Waals surface area contributed by atoms with Crippen molar-refractivity contribution in [1.82, 2.24) is 10.3 Å². The summed E-state index contributed by atoms with van der Waals surface area (Å²) in [6, 6.07) is 15.7. The lowest BCUT2D eigenvalue weighted by atomic mass is 10.2. The second-order valence-electron chi connectivity index (χ2n) is 6.80. The molecule has 0 aliphatic rings. The lowest BCUT2D eigenvalue weighted by Crippen LogP contribution is -2.34. The first-order valence-electron chi connectivity index (χ1n) is 9.58. The molecule has 4 rings (SSSR count). The smallest absolute Gasteiger partial charge is 0.261 e. The maximum Gasteiger partial charge on any atom is 0.261 e. The zero-order valence-corrected chi connectivity index (χ0v) is 20.6. The number of thiocarbonyl (C=S) groups is 1. The Kier molecular flexibility index (Phi) is 6.83. The van der Waals surface area contributed by atoms with Crippen molar-refractivity contribution in [2.75, 3.05) is 19.5 Å². The maximum absolute atomic E-state index is 12.6. The summed E-state index contributed by atoms with van der Waals surface area (Å²) >= 11 is 14.9. The van der Waals surface area contributed by atoms with Gasteiger partial charge in [-0.2, -0.15) is 0 Å². The van der Waals surface area contributed by atoms with Gasteiger partial charge in [0.25, 0.3) is 5.91 Å². The molecule has 0 atom stereocenters. The summed E-state index contributed by atoms with van der Waals surface area (Å²) < 4.78 is 17.0. The predicted octanol–water partition coefficient (Wildman–Crippen LogP) is 6.05. The first-order chi connectivity index (χ1) is 15.9. The lowest BCUT2D eigenvalue weighted by molar-refractivity contribution is 0.0974. The van der Waals surface area contributed by atoms with Crippen LogP contribution in [0.15, 0.2) is 63.5 Å². The number of aromatic nitrogens is 1. The van der Waals surface area contributed by atoms with Crippen molar-refractivity contribution in [2.24, 2.45) is 0 Å². The number of nitrogens with zero attached hydrogens (tertiary/aromatic N) is 1. The van der Waals surface area contributed by atoms with Gasteiger partial charge in [0.2, 0.25) is 5.89 Å². The van der Waals surface area contributed by atoms with E-state index in [4.69, 9.17) is 37.7 Å². The van der Waals surface area contributed by atoms with Gasteiger partial charge in [-0.1, -0.05) is 27.5 Å². The van der Waals surface area contributed by atoms with Gasteiger partial charge in [0.1, 0.15) is 17.0 Å². The quantitative estimate of drug-likeness (QED) is 0.295. The Labute approximate surface area is 208 Å². The Morgan fingerprint density at radius 2 is 1.82 bits per heavy atom. The summed E-state index contributed by atoms with van der Waals surface area (Å²) in [5, 5.41) is 6.23. The average Bonchev–Trinajstić information content (AvgIpc) is 3.22. The van der Waals surface area contributed by atoms with Crippen LogP contribution in [0.3, 0.4) is 0 Å². The Morgan fingerprint density at radius 1 is 1.06 bits per heavy atom. The van der Waals surface area contributed by atoms with E-state index in [1.54, 1.807) is 55.6 Å². The fraction of sp³-hybridized carbons (Fsp3) is 0.0870. The van der Waals surface area contributed by atoms with Crippen LogP contribution >= 0.6 is 39.7 Å². The number of amides is 1. The summed E-state index contributed by atoms with van der Waals surface area (Å²) in [6.07, 6.45) is 0. The van der Waals surface area contributed by atoms with Crippen molar-refractivity contribution in [3.63, 3.8) is 0 Å². The van der Waals surface area contributed by atoms with Crippen LogP contribution < -0.4 is 20.1 Å². The Bertz CT molecular complexity index is 1380. The molecular weight excluding hydrogens is 530 g/mol. The Hall–Kier alpha value is -3.14. The number of carbonyl (C=O) groups excluding carboxylic acids is 1. The second kappa shape index (κ2) is 9.78. The molecule has 1 amide bonds. The molecule has 1 aromatic heterocycles. The molecule has 2 N–H and O–H groups in total. The van der Waals surface area contributed by atoms with Gasteiger partial charge < -0.3 is 19.2 Å². The van der Waals surface area contributed by atoms with E-state index in [0.29, 0.717) is 44.8 Å². The number of nitrogens with one attached hydrogen (secondary N) is 2. The van der Waals surface area contributed by atoms with Gasteiger partial charge in [-0.15, -0.1) is 0 Å². The van der Waals surface area contributed by atoms with Gasteiger partial charge in [-0.3, -0.25) is 10.1 Å². The van der Waals surface area contributed by atoms with Crippen molar-refractivity contribution >= 4 is 67.6 Å². The summed E-state index contributed by atoms with van der Waals surface area (Å²) in [5.74, 6) is 1.03. The highest BCUT2D eigenvalue weighted by Crippen LogP contribution is 2.32. The third-order valence-corrected chi connectivity index (χ3v) is 5.67. The van der Waals surface area contributed by atoms with Crippen LogP contribution in [0.2, 0.25) is 5.02 Å². The van der Waals surface area contributed by atoms with E-state index in [0.717, 1.165) is 10.0 Å². The zero-order valence-electron chi connectivity index (χ0n) is 17.4. The summed E-state index contributed by atoms with van der Waals surface area (Å²) in [4.78, 5) is 17.2. The van der Waals surface area contributed by atoms with Gasteiger partial charge in [0, 0.05) is 15.7 Å². The molecule has 33 heavy (non-hydrogen) atoms. The summed E-state index contributed by atoms with van der Waals surface area (Å²) in [5.41, 5.74) is 2.92. The number of fused-ring (bicyclic) bond motifs is 1. The molecule has 7 nitrogen and oxygen atoms in total. The molecule has 0 bridgehead atoms. The minimum absolute atomic E-state index is 0.132. The highest BCUT2D eigenvalue weighted by Gasteiger charge is 2.15. The molecule has 0 fully saturated rings. The van der Waals surface area contributed by atoms with Crippen molar-refractivity contribution < 1.29 is 18.7 Å². The summed E-state index contributed by atoms with van der Waals surface area (Å²) in [7, 11) is 3.05. The number of hydrogen-bond acceptors (Lipinski definition) is 6. The molecule has 0 aliphatic heterocycles. The number of oxazole rings is 1. The number of methoxy groups -OCH3 is 2. The number of hydrogen-bond donors (Lipinski definition) is 2. The minimum Gasteiger partial charge on any atom is -0.496 e. The molecule has 0 radical (unpaired) electrons. The maximum atomic E-state index is 12.6. The molecular formula is C23H17BrClN3O4S. The monoisotopic (exact) mass is 545 g/mol. The third-order valence-electron chi connectivity index (χ3n) is 4.68. The first-order valence-corrected chi connectivity index (χ1v) is 11.2. The van der Waals surface area contributed by atoms with Crippen LogP contribution in [-0.2, 0) is 0 Å². The number of ether oxygens (including phenoxy) is 2. The molecule has 168 valence electrons. The van der Waals surface area contributed by atoms with E-state index in [1.165, 1.54) is 7.11 Å². The summed E-state index contributed by atoms with van der Waals surface area (Å²) in [6.45, 7) is 0. The standard InChI is InChI=1S/C23H17BrClN3O4S/c1-30-18-7-4-13(24)10-15(18)21(29)28-23(33)26-14-5-8-20-17(11-14)27-22(32-20)12-3-6-19(31-2)16(25)9-12/h3-11H,1-2H3,(H2,26,28,29,33). The van der Waals surface area contributed by atoms with E-state index >= 15 is 0 Å². The van der Waals surface area contributed by atoms with Gasteiger partial charge in [0.05, 0.1) is 24.8 Å². The molecule has 0 saturated carbocycles. The number of rotatable bonds is 5. The highest BCUT2D eigenvalue weighted by atomic mass is 79.9. The van der Waals surface area contributed by atoms with Gasteiger partial charge >= 0.3 is 0 Å². The predicted molar refractivity (Wildman–Crippen MR) is 135 cm³/mol. The van der Waals surface area contributed by atoms with Crippen LogP contribution in [0.5, 0.6) is 11.5 Å². The van der Waals surface area contributed by atoms with Crippen LogP contribution in [0.1, 0.15) is 10.4 Å². The second-order valence-corrected chi connectivity index (χ2v) is 8.53. The normalized spacial score (nSPS) is 10.7. The SMILES string of the molecule is COc1ccc(-c2nc3cc(NC(=S)NC(=O)c4cc(Br)ccc4OC)ccc3o2)cc1Cl. The largest absolute Gasteiger partial charge is 0.496 e. The topological polar surface area (TPSA) is 85.6 Å². The number of carbonyl (C=O) groups is 1. The molecule has 1 heterocycles. The van der Waals surface area contributed by atoms with E-state index in [-0.39, 0.29) is 5.11 Å². The van der Waals surface area contributed by atoms with E-state index in [1.807, 2.05) is 6.07 Å². The van der Waals surface area contributed by atoms with Crippen molar-refractivity contribution in [1.29, 1.82) is 0 Å². The fourth-order valence-corrected chi connectivity index (χ4v) is 3.95. The van der Waals surface area contributed by atoms with Crippen molar-refractivity contribution in [3.8, 4) is 23.0 Å². The molecule has 4 aromatic rings. The van der Waals surface area contributed by atoms with Crippen molar-refractivity contribution in [2.45, 2.75) is 0 Å². The van der Waals surface area contributed by atoms with Gasteiger partial charge in [0.15, 0.2) is 10.7 Å². The molecule has 3 aromatic carbocycles. The molecule has 0 unspecified atom stereocenters. The van der Waals surface area contributed by atoms with E-state index in [9.17, 15) is 4.79 Å². The fourth-order valence-electron chi connectivity index (χ4n) is 3.12. The average molecular weight is 547 g/mol. The minimum atomic E-state index is -0.396. The molecule has 0 spiro atoms. The van der Waals surface area contributed by atoms with Crippen LogP contribution in [0.4, 0.5) is 5.69 Å². The van der Waals surface area contributed by atoms with Crippen LogP contribution in [0, 0.1) is 0 Å². The molecule has 0 aliphatic carbocycles. The Balaban J connectivity index is 1.50. The third kappa shape index (κ3) is 5.11. The number of benzene rings is 3. The van der Waals surface area contributed by atoms with Crippen LogP contribution in [-0.4, -0.2) is 30.2 Å². The van der Waals surface area contributed by atoms with E-state index in [2.05, 4.69) is 31.5 Å². The zero-order chi connectivity index (χ0) is 23.5. The van der Waals surface area contributed by atoms with Crippen LogP contribution in [0.25, 0.3) is 22.6 Å². The first kappa shape index (κ1) is 23.0. The highest BCUT2D eigenvalue weighted by molar-refractivity contribution is 9.10. The lowest BCUT2D eigenvalue weighted by Gasteiger charge is -2.12. The van der Waals surface area contributed by atoms with Crippen molar-refractivity contribution in [3.05, 3.63) is 69.7 Å². The Morgan fingerprint density at radius 3 is 2.55 bits per heavy atom. The number of anilines is 1. The molecule has 10 heteroatoms. The van der Waals surface area contributed by atoms with Gasteiger partial charge in [-0.25, -0.2) is 4.98 Å². The number of halogens is 2. The molecule has 0 saturated heterocycles.